The summed E-state index contributed by atoms with van der Waals surface area (Å²) < 4.78 is 12.3. The SMILES string of the molecule is CN.NCCc1ccc(F)cc1. The Morgan fingerprint density at radius 2 is 1.67 bits per heavy atom. The molecule has 0 aliphatic carbocycles. The zero-order valence-corrected chi connectivity index (χ0v) is 7.26. The molecule has 0 saturated carbocycles. The van der Waals surface area contributed by atoms with E-state index in [1.165, 1.54) is 19.2 Å². The van der Waals surface area contributed by atoms with Gasteiger partial charge >= 0.3 is 0 Å². The molecule has 68 valence electrons. The average Bonchev–Trinajstić information content (AvgIpc) is 2.13. The van der Waals surface area contributed by atoms with Crippen molar-refractivity contribution in [1.29, 1.82) is 0 Å². The third-order valence-electron chi connectivity index (χ3n) is 1.35. The number of halogens is 1. The second-order valence-electron chi connectivity index (χ2n) is 2.17. The first-order chi connectivity index (χ1) is 5.83. The first kappa shape index (κ1) is 11.1. The summed E-state index contributed by atoms with van der Waals surface area (Å²) in [7, 11) is 1.50. The van der Waals surface area contributed by atoms with E-state index in [4.69, 9.17) is 5.73 Å². The van der Waals surface area contributed by atoms with Crippen molar-refractivity contribution in [3.8, 4) is 0 Å². The van der Waals surface area contributed by atoms with Gasteiger partial charge in [0, 0.05) is 0 Å². The molecule has 0 radical (unpaired) electrons. The molecule has 1 aromatic carbocycles. The topological polar surface area (TPSA) is 52.0 Å². The molecule has 4 N–H and O–H groups in total. The van der Waals surface area contributed by atoms with Gasteiger partial charge in [-0.3, -0.25) is 0 Å². The van der Waals surface area contributed by atoms with Crippen molar-refractivity contribution < 1.29 is 4.39 Å². The standard InChI is InChI=1S/C8H10FN.CH5N/c9-8-3-1-7(2-4-8)5-6-10;1-2/h1-4H,5-6,10H2;2H2,1H3. The molecule has 0 heterocycles. The van der Waals surface area contributed by atoms with Crippen molar-refractivity contribution in [3.63, 3.8) is 0 Å². The third-order valence-corrected chi connectivity index (χ3v) is 1.35. The van der Waals surface area contributed by atoms with E-state index in [1.807, 2.05) is 0 Å². The van der Waals surface area contributed by atoms with Crippen molar-refractivity contribution in [2.45, 2.75) is 6.42 Å². The minimum atomic E-state index is -0.194. The molecule has 1 aromatic rings. The summed E-state index contributed by atoms with van der Waals surface area (Å²) in [5.41, 5.74) is 10.9. The Labute approximate surface area is 72.4 Å². The lowest BCUT2D eigenvalue weighted by atomic mass is 10.1. The molecule has 0 aliphatic heterocycles. The lowest BCUT2D eigenvalue weighted by molar-refractivity contribution is 0.627. The van der Waals surface area contributed by atoms with Crippen molar-refractivity contribution >= 4 is 0 Å². The van der Waals surface area contributed by atoms with Gasteiger partial charge in [-0.1, -0.05) is 12.1 Å². The van der Waals surface area contributed by atoms with Crippen LogP contribution >= 0.6 is 0 Å². The molecule has 0 unspecified atom stereocenters. The lowest BCUT2D eigenvalue weighted by Crippen LogP contribution is -2.02. The molecule has 2 nitrogen and oxygen atoms in total. The van der Waals surface area contributed by atoms with Crippen molar-refractivity contribution in [3.05, 3.63) is 35.6 Å². The Balaban J connectivity index is 0.000000561. The molecule has 0 saturated heterocycles. The molecule has 12 heavy (non-hydrogen) atoms. The summed E-state index contributed by atoms with van der Waals surface area (Å²) in [5, 5.41) is 0. The van der Waals surface area contributed by atoms with E-state index in [1.54, 1.807) is 12.1 Å². The quantitative estimate of drug-likeness (QED) is 0.693. The first-order valence-corrected chi connectivity index (χ1v) is 3.85. The second kappa shape index (κ2) is 6.76. The van der Waals surface area contributed by atoms with E-state index >= 15 is 0 Å². The Hall–Kier alpha value is -0.930. The van der Waals surface area contributed by atoms with E-state index in [0.717, 1.165) is 12.0 Å². The van der Waals surface area contributed by atoms with Crippen LogP contribution in [-0.2, 0) is 6.42 Å². The van der Waals surface area contributed by atoms with Gasteiger partial charge in [-0.2, -0.15) is 0 Å². The number of hydrogen-bond donors (Lipinski definition) is 2. The number of benzene rings is 1. The van der Waals surface area contributed by atoms with Gasteiger partial charge in [0.2, 0.25) is 0 Å². The first-order valence-electron chi connectivity index (χ1n) is 3.85. The molecular weight excluding hydrogens is 155 g/mol. The molecule has 0 amide bonds. The van der Waals surface area contributed by atoms with Crippen molar-refractivity contribution in [2.24, 2.45) is 11.5 Å². The van der Waals surface area contributed by atoms with Gasteiger partial charge in [0.25, 0.3) is 0 Å². The van der Waals surface area contributed by atoms with Crippen LogP contribution < -0.4 is 11.5 Å². The van der Waals surface area contributed by atoms with Crippen LogP contribution in [-0.4, -0.2) is 13.6 Å². The van der Waals surface area contributed by atoms with Gasteiger partial charge in [0.05, 0.1) is 0 Å². The van der Waals surface area contributed by atoms with Crippen LogP contribution in [0.15, 0.2) is 24.3 Å². The highest BCUT2D eigenvalue weighted by Gasteiger charge is 1.90. The molecule has 1 rings (SSSR count). The maximum Gasteiger partial charge on any atom is 0.123 e. The predicted octanol–water partition coefficient (Wildman–Crippen LogP) is 0.902. The predicted molar refractivity (Wildman–Crippen MR) is 49.3 cm³/mol. The number of hydrogen-bond acceptors (Lipinski definition) is 2. The van der Waals surface area contributed by atoms with Crippen LogP contribution in [0.1, 0.15) is 5.56 Å². The van der Waals surface area contributed by atoms with E-state index < -0.39 is 0 Å². The molecule has 0 spiro atoms. The molecule has 0 atom stereocenters. The van der Waals surface area contributed by atoms with Crippen molar-refractivity contribution in [1.82, 2.24) is 0 Å². The zero-order valence-electron chi connectivity index (χ0n) is 7.26. The third kappa shape index (κ3) is 4.05. The Kier molecular flexibility index (Phi) is 6.24. The highest BCUT2D eigenvalue weighted by atomic mass is 19.1. The van der Waals surface area contributed by atoms with Crippen LogP contribution in [0.3, 0.4) is 0 Å². The molecule has 3 heteroatoms. The molecule has 0 fully saturated rings. The smallest absolute Gasteiger partial charge is 0.123 e. The normalized spacial score (nSPS) is 8.67. The van der Waals surface area contributed by atoms with Crippen LogP contribution in [0.2, 0.25) is 0 Å². The molecule has 0 aromatic heterocycles. The zero-order chi connectivity index (χ0) is 9.40. The van der Waals surface area contributed by atoms with E-state index in [2.05, 4.69) is 5.73 Å². The van der Waals surface area contributed by atoms with Crippen molar-refractivity contribution in [2.75, 3.05) is 13.6 Å². The maximum atomic E-state index is 12.3. The van der Waals surface area contributed by atoms with Gasteiger partial charge in [0.15, 0.2) is 0 Å². The van der Waals surface area contributed by atoms with Gasteiger partial charge in [-0.05, 0) is 37.7 Å². The van der Waals surface area contributed by atoms with Gasteiger partial charge < -0.3 is 11.5 Å². The Bertz CT molecular complexity index is 196. The fraction of sp³-hybridized carbons (Fsp3) is 0.333. The average molecular weight is 170 g/mol. The van der Waals surface area contributed by atoms with E-state index in [-0.39, 0.29) is 5.82 Å². The molecule has 0 bridgehead atoms. The van der Waals surface area contributed by atoms with Crippen LogP contribution in [0.5, 0.6) is 0 Å². The van der Waals surface area contributed by atoms with Gasteiger partial charge in [-0.25, -0.2) is 4.39 Å². The fourth-order valence-corrected chi connectivity index (χ4v) is 0.818. The Morgan fingerprint density at radius 1 is 1.17 bits per heavy atom. The number of rotatable bonds is 2. The summed E-state index contributed by atoms with van der Waals surface area (Å²) in [6.45, 7) is 0.617. The van der Waals surface area contributed by atoms with Crippen LogP contribution in [0.4, 0.5) is 4.39 Å². The van der Waals surface area contributed by atoms with Crippen LogP contribution in [0, 0.1) is 5.82 Å². The summed E-state index contributed by atoms with van der Waals surface area (Å²) in [6.07, 6.45) is 0.820. The molecular formula is C9H15FN2. The summed E-state index contributed by atoms with van der Waals surface area (Å²) in [6, 6.07) is 6.40. The minimum Gasteiger partial charge on any atom is -0.333 e. The summed E-state index contributed by atoms with van der Waals surface area (Å²) in [5.74, 6) is -0.194. The maximum absolute atomic E-state index is 12.3. The summed E-state index contributed by atoms with van der Waals surface area (Å²) in [4.78, 5) is 0. The van der Waals surface area contributed by atoms with Crippen LogP contribution in [0.25, 0.3) is 0 Å². The fourth-order valence-electron chi connectivity index (χ4n) is 0.818. The monoisotopic (exact) mass is 170 g/mol. The van der Waals surface area contributed by atoms with Gasteiger partial charge in [0.1, 0.15) is 5.82 Å². The van der Waals surface area contributed by atoms with Gasteiger partial charge in [-0.15, -0.1) is 0 Å². The summed E-state index contributed by atoms with van der Waals surface area (Å²) >= 11 is 0. The lowest BCUT2D eigenvalue weighted by Gasteiger charge is -1.95. The van der Waals surface area contributed by atoms with E-state index in [0.29, 0.717) is 6.54 Å². The molecule has 0 aliphatic rings. The Morgan fingerprint density at radius 3 is 2.08 bits per heavy atom. The second-order valence-corrected chi connectivity index (χ2v) is 2.17. The largest absolute Gasteiger partial charge is 0.333 e. The minimum absolute atomic E-state index is 0.194. The number of nitrogens with two attached hydrogens (primary N) is 2. The highest BCUT2D eigenvalue weighted by molar-refractivity contribution is 5.16. The van der Waals surface area contributed by atoms with E-state index in [9.17, 15) is 4.39 Å². The highest BCUT2D eigenvalue weighted by Crippen LogP contribution is 2.01.